The van der Waals surface area contributed by atoms with Crippen LogP contribution < -0.4 is 10.2 Å². The molecule has 1 amide bonds. The van der Waals surface area contributed by atoms with Gasteiger partial charge in [-0.25, -0.2) is 14.8 Å². The number of methoxy groups -OCH3 is 1. The number of thiophene rings is 1. The van der Waals surface area contributed by atoms with Gasteiger partial charge in [-0.05, 0) is 43.5 Å². The van der Waals surface area contributed by atoms with Gasteiger partial charge in [0.05, 0.1) is 22.2 Å². The largest absolute Gasteiger partial charge is 0.446 e. The van der Waals surface area contributed by atoms with Gasteiger partial charge in [-0.3, -0.25) is 4.79 Å². The lowest BCUT2D eigenvalue weighted by atomic mass is 9.94. The molecule has 1 aromatic carbocycles. The number of aryl methyl sites for hydroxylation is 1. The van der Waals surface area contributed by atoms with Gasteiger partial charge in [-0.2, -0.15) is 0 Å². The van der Waals surface area contributed by atoms with E-state index in [4.69, 9.17) is 9.47 Å². The summed E-state index contributed by atoms with van der Waals surface area (Å²) in [5.41, 5.74) is 2.90. The molecule has 0 radical (unpaired) electrons. The summed E-state index contributed by atoms with van der Waals surface area (Å²) in [4.78, 5) is 39.7. The minimum absolute atomic E-state index is 0.0699. The lowest BCUT2D eigenvalue weighted by Gasteiger charge is -2.26. The van der Waals surface area contributed by atoms with Crippen molar-refractivity contribution in [2.75, 3.05) is 32.1 Å². The number of nitrogens with zero attached hydrogens (tertiary/aromatic N) is 3. The molecule has 1 aliphatic carbocycles. The highest BCUT2D eigenvalue weighted by atomic mass is 32.1. The third-order valence-electron chi connectivity index (χ3n) is 5.96. The van der Waals surface area contributed by atoms with Gasteiger partial charge in [0, 0.05) is 37.2 Å². The van der Waals surface area contributed by atoms with Crippen LogP contribution in [0.5, 0.6) is 0 Å². The first kappa shape index (κ1) is 22.8. The fourth-order valence-electron chi connectivity index (χ4n) is 4.23. The number of hydrogen-bond acceptors (Lipinski definition) is 9. The second kappa shape index (κ2) is 9.69. The van der Waals surface area contributed by atoms with Gasteiger partial charge in [0.1, 0.15) is 23.1 Å². The van der Waals surface area contributed by atoms with Crippen molar-refractivity contribution in [3.63, 3.8) is 0 Å². The van der Waals surface area contributed by atoms with E-state index < -0.39 is 0 Å². The summed E-state index contributed by atoms with van der Waals surface area (Å²) in [6, 6.07) is 5.77. The van der Waals surface area contributed by atoms with Gasteiger partial charge >= 0.3 is 11.0 Å². The van der Waals surface area contributed by atoms with Crippen molar-refractivity contribution < 1.29 is 14.3 Å². The Morgan fingerprint density at radius 3 is 3.03 bits per heavy atom. The van der Waals surface area contributed by atoms with E-state index in [2.05, 4.69) is 20.3 Å². The summed E-state index contributed by atoms with van der Waals surface area (Å²) in [5.74, 6) is 0.747. The van der Waals surface area contributed by atoms with Crippen LogP contribution in [0.1, 0.15) is 23.8 Å². The predicted molar refractivity (Wildman–Crippen MR) is 135 cm³/mol. The lowest BCUT2D eigenvalue weighted by molar-refractivity contribution is 0.0510. The third kappa shape index (κ3) is 4.50. The van der Waals surface area contributed by atoms with Crippen molar-refractivity contribution in [3.8, 4) is 0 Å². The summed E-state index contributed by atoms with van der Waals surface area (Å²) in [7, 11) is 1.62. The number of rotatable bonds is 7. The number of thiazole rings is 1. The van der Waals surface area contributed by atoms with Crippen LogP contribution in [-0.4, -0.2) is 58.9 Å². The number of ether oxygens (including phenoxy) is 2. The van der Waals surface area contributed by atoms with E-state index in [1.165, 1.54) is 21.8 Å². The second-order valence-corrected chi connectivity index (χ2v) is 10.2. The molecule has 11 heteroatoms. The first-order valence-electron chi connectivity index (χ1n) is 11.1. The Morgan fingerprint density at radius 1 is 1.32 bits per heavy atom. The monoisotopic (exact) mass is 499 g/mol. The number of hydrogen-bond donors (Lipinski definition) is 2. The molecule has 1 atom stereocenters. The maximum Gasteiger partial charge on any atom is 0.410 e. The number of anilines is 2. The second-order valence-electron chi connectivity index (χ2n) is 8.08. The third-order valence-corrected chi connectivity index (χ3v) is 7.96. The summed E-state index contributed by atoms with van der Waals surface area (Å²) < 4.78 is 11.8. The van der Waals surface area contributed by atoms with Crippen LogP contribution in [0.4, 0.5) is 16.3 Å². The average Bonchev–Trinajstić information content (AvgIpc) is 3.38. The predicted octanol–water partition coefficient (Wildman–Crippen LogP) is 4.30. The summed E-state index contributed by atoms with van der Waals surface area (Å²) >= 11 is 2.81. The van der Waals surface area contributed by atoms with E-state index in [1.54, 1.807) is 29.7 Å². The molecule has 9 nitrogen and oxygen atoms in total. The molecule has 2 N–H and O–H groups in total. The molecule has 1 aliphatic rings. The molecule has 178 valence electrons. The molecule has 0 aliphatic heterocycles. The molecule has 5 rings (SSSR count). The zero-order chi connectivity index (χ0) is 23.7. The maximum absolute atomic E-state index is 12.6. The number of nitrogens with one attached hydrogen (secondary N) is 2. The summed E-state index contributed by atoms with van der Waals surface area (Å²) in [6.07, 6.45) is 3.33. The SMILES string of the molecule is CCN(CCOC)C(=O)OC1CCc2c(sc3ncnc(Nc4ccc5[nH]c(=O)sc5c4)c23)C1. The first-order chi connectivity index (χ1) is 16.6. The molecule has 4 aromatic rings. The quantitative estimate of drug-likeness (QED) is 0.390. The van der Waals surface area contributed by atoms with Gasteiger partial charge in [-0.15, -0.1) is 11.3 Å². The molecule has 3 heterocycles. The van der Waals surface area contributed by atoms with Crippen LogP contribution in [0.2, 0.25) is 0 Å². The Hall–Kier alpha value is -3.02. The van der Waals surface area contributed by atoms with Crippen LogP contribution in [0, 0.1) is 0 Å². The van der Waals surface area contributed by atoms with E-state index in [-0.39, 0.29) is 17.1 Å². The standard InChI is InChI=1S/C23H25N5O4S2/c1-3-28(8-9-31-2)23(30)32-14-5-6-15-17(11-14)33-21-19(15)20(24-12-25-21)26-13-4-7-16-18(10-13)34-22(29)27-16/h4,7,10,12,14H,3,5-6,8-9,11H2,1-2H3,(H,27,29)(H,24,25,26). The number of likely N-dealkylation sites (N-methyl/N-ethyl adjacent to an activating group) is 1. The molecule has 0 saturated carbocycles. The van der Waals surface area contributed by atoms with Crippen molar-refractivity contribution in [1.82, 2.24) is 19.9 Å². The van der Waals surface area contributed by atoms with Gasteiger partial charge in [0.25, 0.3) is 0 Å². The zero-order valence-corrected chi connectivity index (χ0v) is 20.6. The Kier molecular flexibility index (Phi) is 6.48. The summed E-state index contributed by atoms with van der Waals surface area (Å²) in [5, 5.41) is 4.43. The van der Waals surface area contributed by atoms with E-state index >= 15 is 0 Å². The molecule has 0 saturated heterocycles. The van der Waals surface area contributed by atoms with E-state index in [1.807, 2.05) is 25.1 Å². The maximum atomic E-state index is 12.6. The Bertz CT molecular complexity index is 1400. The minimum Gasteiger partial charge on any atom is -0.446 e. The van der Waals surface area contributed by atoms with Crippen molar-refractivity contribution in [1.29, 1.82) is 0 Å². The molecule has 0 bridgehead atoms. The van der Waals surface area contributed by atoms with Crippen molar-refractivity contribution in [3.05, 3.63) is 44.6 Å². The van der Waals surface area contributed by atoms with Gasteiger partial charge in [0.15, 0.2) is 0 Å². The molecular weight excluding hydrogens is 474 g/mol. The number of amides is 1. The highest BCUT2D eigenvalue weighted by Gasteiger charge is 2.28. The van der Waals surface area contributed by atoms with Crippen molar-refractivity contribution in [2.45, 2.75) is 32.3 Å². The Morgan fingerprint density at radius 2 is 2.21 bits per heavy atom. The lowest BCUT2D eigenvalue weighted by Crippen LogP contribution is -2.37. The molecule has 0 fully saturated rings. The Labute approximate surface area is 203 Å². The van der Waals surface area contributed by atoms with E-state index in [9.17, 15) is 9.59 Å². The smallest absolute Gasteiger partial charge is 0.410 e. The van der Waals surface area contributed by atoms with Gasteiger partial charge in [-0.1, -0.05) is 11.3 Å². The number of H-pyrrole nitrogens is 1. The number of aromatic amines is 1. The molecular formula is C23H25N5O4S2. The highest BCUT2D eigenvalue weighted by molar-refractivity contribution is 7.19. The fourth-order valence-corrected chi connectivity index (χ4v) is 6.26. The number of carbonyl (C=O) groups excluding carboxylic acids is 1. The molecule has 3 aromatic heterocycles. The number of aromatic nitrogens is 3. The number of benzene rings is 1. The van der Waals surface area contributed by atoms with Gasteiger partial charge in [0.2, 0.25) is 0 Å². The van der Waals surface area contributed by atoms with E-state index in [0.29, 0.717) is 26.1 Å². The molecule has 0 spiro atoms. The first-order valence-corrected chi connectivity index (χ1v) is 12.8. The van der Waals surface area contributed by atoms with Crippen LogP contribution in [-0.2, 0) is 22.3 Å². The minimum atomic E-state index is -0.293. The Balaban J connectivity index is 1.36. The topological polar surface area (TPSA) is 109 Å². The molecule has 1 unspecified atom stereocenters. The van der Waals surface area contributed by atoms with Crippen LogP contribution in [0.25, 0.3) is 20.4 Å². The van der Waals surface area contributed by atoms with Crippen molar-refractivity contribution in [2.24, 2.45) is 0 Å². The highest BCUT2D eigenvalue weighted by Crippen LogP contribution is 2.39. The normalized spacial score (nSPS) is 15.4. The van der Waals surface area contributed by atoms with Crippen LogP contribution in [0.3, 0.4) is 0 Å². The van der Waals surface area contributed by atoms with E-state index in [0.717, 1.165) is 44.8 Å². The zero-order valence-electron chi connectivity index (χ0n) is 18.9. The number of carbonyl (C=O) groups is 1. The van der Waals surface area contributed by atoms with Crippen LogP contribution >= 0.6 is 22.7 Å². The summed E-state index contributed by atoms with van der Waals surface area (Å²) in [6.45, 7) is 3.52. The van der Waals surface area contributed by atoms with Crippen LogP contribution in [0.15, 0.2) is 29.3 Å². The average molecular weight is 500 g/mol. The fraction of sp³-hybridized carbons (Fsp3) is 0.391. The number of fused-ring (bicyclic) bond motifs is 4. The van der Waals surface area contributed by atoms with Crippen molar-refractivity contribution >= 4 is 60.7 Å². The molecule has 34 heavy (non-hydrogen) atoms. The van der Waals surface area contributed by atoms with Gasteiger partial charge < -0.3 is 24.7 Å².